The van der Waals surface area contributed by atoms with Crippen LogP contribution in [0.15, 0.2) is 24.3 Å². The molecule has 0 amide bonds. The van der Waals surface area contributed by atoms with Crippen molar-refractivity contribution in [3.8, 4) is 0 Å². The van der Waals surface area contributed by atoms with Gasteiger partial charge in [0.1, 0.15) is 5.82 Å². The third-order valence-corrected chi connectivity index (χ3v) is 2.56. The molecule has 0 aliphatic rings. The van der Waals surface area contributed by atoms with E-state index in [9.17, 15) is 4.39 Å². The third-order valence-electron chi connectivity index (χ3n) is 2.56. The van der Waals surface area contributed by atoms with E-state index in [0.29, 0.717) is 6.61 Å². The van der Waals surface area contributed by atoms with Crippen molar-refractivity contribution in [2.45, 2.75) is 25.4 Å². The first kappa shape index (κ1) is 14.1. The lowest BCUT2D eigenvalue weighted by atomic mass is 10.1. The summed E-state index contributed by atoms with van der Waals surface area (Å²) in [6.07, 6.45) is 0.792. The molecule has 2 N–H and O–H groups in total. The van der Waals surface area contributed by atoms with Gasteiger partial charge in [-0.3, -0.25) is 0 Å². The molecule has 0 bridgehead atoms. The van der Waals surface area contributed by atoms with E-state index in [1.807, 2.05) is 6.92 Å². The lowest BCUT2D eigenvalue weighted by molar-refractivity contribution is 0.123. The van der Waals surface area contributed by atoms with Crippen molar-refractivity contribution in [3.05, 3.63) is 35.6 Å². The standard InChI is InChI=1S/C13H20FNO2/c1-10(15-13(8-16)9-17-2)7-11-3-5-12(14)6-4-11/h3-6,10,13,15-16H,7-9H2,1-2H3. The molecule has 0 aliphatic carbocycles. The summed E-state index contributed by atoms with van der Waals surface area (Å²) >= 11 is 0. The molecule has 96 valence electrons. The molecule has 4 heteroatoms. The van der Waals surface area contributed by atoms with Crippen LogP contribution in [0.2, 0.25) is 0 Å². The fourth-order valence-electron chi connectivity index (χ4n) is 1.79. The highest BCUT2D eigenvalue weighted by Gasteiger charge is 2.11. The second-order valence-corrected chi connectivity index (χ2v) is 4.23. The highest BCUT2D eigenvalue weighted by atomic mass is 19.1. The van der Waals surface area contributed by atoms with Crippen LogP contribution < -0.4 is 5.32 Å². The Bertz CT molecular complexity index is 316. The van der Waals surface area contributed by atoms with Crippen molar-refractivity contribution < 1.29 is 14.2 Å². The molecule has 0 aromatic heterocycles. The predicted octanol–water partition coefficient (Wildman–Crippen LogP) is 1.35. The van der Waals surface area contributed by atoms with Gasteiger partial charge in [-0.1, -0.05) is 12.1 Å². The SMILES string of the molecule is COCC(CO)NC(C)Cc1ccc(F)cc1. The monoisotopic (exact) mass is 241 g/mol. The number of halogens is 1. The minimum Gasteiger partial charge on any atom is -0.395 e. The van der Waals surface area contributed by atoms with Gasteiger partial charge in [-0.15, -0.1) is 0 Å². The van der Waals surface area contributed by atoms with Crippen LogP contribution in [-0.4, -0.2) is 37.5 Å². The van der Waals surface area contributed by atoms with Crippen molar-refractivity contribution in [2.75, 3.05) is 20.3 Å². The first-order valence-corrected chi connectivity index (χ1v) is 5.76. The molecule has 1 aromatic rings. The fourth-order valence-corrected chi connectivity index (χ4v) is 1.79. The molecule has 2 atom stereocenters. The maximum absolute atomic E-state index is 12.7. The average Bonchev–Trinajstić information content (AvgIpc) is 2.31. The Balaban J connectivity index is 2.42. The van der Waals surface area contributed by atoms with E-state index in [2.05, 4.69) is 5.32 Å². The van der Waals surface area contributed by atoms with Crippen LogP contribution in [0.1, 0.15) is 12.5 Å². The molecule has 0 radical (unpaired) electrons. The summed E-state index contributed by atoms with van der Waals surface area (Å²) in [4.78, 5) is 0. The Hall–Kier alpha value is -0.970. The van der Waals surface area contributed by atoms with Gasteiger partial charge < -0.3 is 15.2 Å². The highest BCUT2D eigenvalue weighted by molar-refractivity contribution is 5.17. The zero-order valence-electron chi connectivity index (χ0n) is 10.3. The minimum atomic E-state index is -0.220. The largest absolute Gasteiger partial charge is 0.395 e. The Morgan fingerprint density at radius 1 is 1.35 bits per heavy atom. The van der Waals surface area contributed by atoms with Gasteiger partial charge >= 0.3 is 0 Å². The first-order chi connectivity index (χ1) is 8.15. The van der Waals surface area contributed by atoms with Crippen LogP contribution in [0.5, 0.6) is 0 Å². The number of nitrogens with one attached hydrogen (secondary N) is 1. The van der Waals surface area contributed by atoms with Crippen molar-refractivity contribution in [3.63, 3.8) is 0 Å². The summed E-state index contributed by atoms with van der Waals surface area (Å²) in [6.45, 7) is 2.55. The van der Waals surface area contributed by atoms with E-state index in [1.165, 1.54) is 12.1 Å². The second kappa shape index (κ2) is 7.37. The van der Waals surface area contributed by atoms with Crippen LogP contribution in [0, 0.1) is 5.82 Å². The number of rotatable bonds is 7. The highest BCUT2D eigenvalue weighted by Crippen LogP contribution is 2.06. The van der Waals surface area contributed by atoms with E-state index in [4.69, 9.17) is 9.84 Å². The average molecular weight is 241 g/mol. The number of hydrogen-bond acceptors (Lipinski definition) is 3. The van der Waals surface area contributed by atoms with Crippen molar-refractivity contribution in [2.24, 2.45) is 0 Å². The van der Waals surface area contributed by atoms with E-state index >= 15 is 0 Å². The van der Waals surface area contributed by atoms with Gasteiger partial charge in [0.05, 0.1) is 19.3 Å². The first-order valence-electron chi connectivity index (χ1n) is 5.76. The Morgan fingerprint density at radius 3 is 2.53 bits per heavy atom. The lowest BCUT2D eigenvalue weighted by Gasteiger charge is -2.21. The number of hydrogen-bond donors (Lipinski definition) is 2. The van der Waals surface area contributed by atoms with Gasteiger partial charge in [-0.05, 0) is 31.0 Å². The summed E-state index contributed by atoms with van der Waals surface area (Å²) in [7, 11) is 1.61. The number of methoxy groups -OCH3 is 1. The number of ether oxygens (including phenoxy) is 1. The molecule has 0 saturated heterocycles. The number of benzene rings is 1. The predicted molar refractivity (Wildman–Crippen MR) is 65.5 cm³/mol. The molecule has 0 aliphatic heterocycles. The Morgan fingerprint density at radius 2 is 2.00 bits per heavy atom. The third kappa shape index (κ3) is 5.26. The Labute approximate surface area is 102 Å². The number of aliphatic hydroxyl groups excluding tert-OH is 1. The molecule has 0 spiro atoms. The zero-order valence-corrected chi connectivity index (χ0v) is 10.3. The molecule has 1 rings (SSSR count). The normalized spacial score (nSPS) is 14.6. The summed E-state index contributed by atoms with van der Waals surface area (Å²) in [6, 6.07) is 6.61. The van der Waals surface area contributed by atoms with Gasteiger partial charge in [-0.25, -0.2) is 4.39 Å². The Kier molecular flexibility index (Phi) is 6.11. The lowest BCUT2D eigenvalue weighted by Crippen LogP contribution is -2.42. The van der Waals surface area contributed by atoms with Gasteiger partial charge in [0.2, 0.25) is 0 Å². The van der Waals surface area contributed by atoms with Crippen LogP contribution in [-0.2, 0) is 11.2 Å². The number of aliphatic hydroxyl groups is 1. The molecular weight excluding hydrogens is 221 g/mol. The molecule has 17 heavy (non-hydrogen) atoms. The fraction of sp³-hybridized carbons (Fsp3) is 0.538. The van der Waals surface area contributed by atoms with Crippen molar-refractivity contribution >= 4 is 0 Å². The summed E-state index contributed by atoms with van der Waals surface area (Å²) in [5.41, 5.74) is 1.07. The maximum atomic E-state index is 12.7. The van der Waals surface area contributed by atoms with Gasteiger partial charge in [-0.2, -0.15) is 0 Å². The smallest absolute Gasteiger partial charge is 0.123 e. The van der Waals surface area contributed by atoms with E-state index in [1.54, 1.807) is 19.2 Å². The van der Waals surface area contributed by atoms with E-state index < -0.39 is 0 Å². The van der Waals surface area contributed by atoms with Gasteiger partial charge in [0.15, 0.2) is 0 Å². The quantitative estimate of drug-likeness (QED) is 0.757. The zero-order chi connectivity index (χ0) is 12.7. The summed E-state index contributed by atoms with van der Waals surface area (Å²) in [5, 5.41) is 12.4. The van der Waals surface area contributed by atoms with E-state index in [0.717, 1.165) is 12.0 Å². The molecule has 0 saturated carbocycles. The summed E-state index contributed by atoms with van der Waals surface area (Å²) < 4.78 is 17.7. The van der Waals surface area contributed by atoms with Crippen LogP contribution in [0.4, 0.5) is 4.39 Å². The van der Waals surface area contributed by atoms with E-state index in [-0.39, 0.29) is 24.5 Å². The topological polar surface area (TPSA) is 41.5 Å². The molecule has 0 fully saturated rings. The van der Waals surface area contributed by atoms with Crippen LogP contribution in [0.3, 0.4) is 0 Å². The minimum absolute atomic E-state index is 0.0433. The van der Waals surface area contributed by atoms with Crippen molar-refractivity contribution in [1.29, 1.82) is 0 Å². The van der Waals surface area contributed by atoms with Gasteiger partial charge in [0, 0.05) is 13.2 Å². The second-order valence-electron chi connectivity index (χ2n) is 4.23. The van der Waals surface area contributed by atoms with Gasteiger partial charge in [0.25, 0.3) is 0 Å². The molecule has 2 unspecified atom stereocenters. The molecule has 0 heterocycles. The van der Waals surface area contributed by atoms with Crippen LogP contribution in [0.25, 0.3) is 0 Å². The molecule has 3 nitrogen and oxygen atoms in total. The molecular formula is C13H20FNO2. The van der Waals surface area contributed by atoms with Crippen LogP contribution >= 0.6 is 0 Å². The molecule has 1 aromatic carbocycles. The maximum Gasteiger partial charge on any atom is 0.123 e. The van der Waals surface area contributed by atoms with Crippen molar-refractivity contribution in [1.82, 2.24) is 5.32 Å². The summed E-state index contributed by atoms with van der Waals surface area (Å²) in [5.74, 6) is -0.220.